The molecule has 0 spiro atoms. The number of hydrogen-bond acceptors (Lipinski definition) is 1. The van der Waals surface area contributed by atoms with Gasteiger partial charge < -0.3 is 4.74 Å². The molecule has 0 amide bonds. The Bertz CT molecular complexity index is 521. The van der Waals surface area contributed by atoms with E-state index in [4.69, 9.17) is 4.74 Å². The summed E-state index contributed by atoms with van der Waals surface area (Å²) in [6.07, 6.45) is 5.31. The number of benzene rings is 2. The van der Waals surface area contributed by atoms with Crippen molar-refractivity contribution in [1.82, 2.24) is 0 Å². The van der Waals surface area contributed by atoms with Gasteiger partial charge in [0, 0.05) is 0 Å². The number of ether oxygens (including phenoxy) is 1. The maximum absolute atomic E-state index is 5.42. The lowest BCUT2D eigenvalue weighted by Gasteiger charge is -2.02. The summed E-state index contributed by atoms with van der Waals surface area (Å²) >= 11 is 0. The van der Waals surface area contributed by atoms with E-state index in [2.05, 4.69) is 55.5 Å². The number of hydrogen-bond donors (Lipinski definition) is 0. The van der Waals surface area contributed by atoms with Crippen LogP contribution >= 0.6 is 0 Å². The molecule has 2 aromatic carbocycles. The van der Waals surface area contributed by atoms with Crippen LogP contribution in [0.25, 0.3) is 6.08 Å². The van der Waals surface area contributed by atoms with Crippen molar-refractivity contribution in [2.45, 2.75) is 20.3 Å². The lowest BCUT2D eigenvalue weighted by atomic mass is 10.1. The fourth-order valence-corrected chi connectivity index (χ4v) is 1.90. The maximum Gasteiger partial charge on any atom is 0.119 e. The van der Waals surface area contributed by atoms with Crippen molar-refractivity contribution < 1.29 is 4.74 Å². The third kappa shape index (κ3) is 4.29. The van der Waals surface area contributed by atoms with Crippen LogP contribution in [0.4, 0.5) is 0 Å². The zero-order valence-electron chi connectivity index (χ0n) is 11.6. The Morgan fingerprint density at radius 3 is 2.26 bits per heavy atom. The Hall–Kier alpha value is -2.02. The third-order valence-corrected chi connectivity index (χ3v) is 2.98. The molecule has 0 aliphatic carbocycles. The molecule has 0 heterocycles. The molecular formula is C18H20O. The minimum absolute atomic E-state index is 0.711. The first kappa shape index (κ1) is 13.4. The van der Waals surface area contributed by atoms with Crippen LogP contribution in [0.2, 0.25) is 0 Å². The van der Waals surface area contributed by atoms with E-state index >= 15 is 0 Å². The van der Waals surface area contributed by atoms with E-state index in [0.717, 1.165) is 12.2 Å². The molecule has 0 aliphatic heterocycles. The summed E-state index contributed by atoms with van der Waals surface area (Å²) in [4.78, 5) is 0. The van der Waals surface area contributed by atoms with Gasteiger partial charge in [0.2, 0.25) is 0 Å². The van der Waals surface area contributed by atoms with Crippen LogP contribution in [-0.2, 0) is 6.42 Å². The predicted molar refractivity (Wildman–Crippen MR) is 81.5 cm³/mol. The number of allylic oxidation sites excluding steroid dienone is 1. The quantitative estimate of drug-likeness (QED) is 0.752. The van der Waals surface area contributed by atoms with E-state index in [0.29, 0.717) is 6.61 Å². The van der Waals surface area contributed by atoms with Gasteiger partial charge in [-0.3, -0.25) is 0 Å². The lowest BCUT2D eigenvalue weighted by molar-refractivity contribution is 0.340. The zero-order valence-corrected chi connectivity index (χ0v) is 11.6. The molecule has 2 aromatic rings. The van der Waals surface area contributed by atoms with E-state index in [1.165, 1.54) is 16.7 Å². The van der Waals surface area contributed by atoms with Gasteiger partial charge in [-0.2, -0.15) is 0 Å². The second-order valence-corrected chi connectivity index (χ2v) is 4.59. The van der Waals surface area contributed by atoms with Crippen LogP contribution in [-0.4, -0.2) is 6.61 Å². The molecule has 0 N–H and O–H groups in total. The van der Waals surface area contributed by atoms with Crippen molar-refractivity contribution in [2.24, 2.45) is 0 Å². The summed E-state index contributed by atoms with van der Waals surface area (Å²) in [6.45, 7) is 4.82. The van der Waals surface area contributed by atoms with Crippen LogP contribution in [0.3, 0.4) is 0 Å². The second kappa shape index (κ2) is 6.79. The van der Waals surface area contributed by atoms with Gasteiger partial charge in [0.25, 0.3) is 0 Å². The molecule has 2 rings (SSSR count). The highest BCUT2D eigenvalue weighted by Crippen LogP contribution is 2.13. The van der Waals surface area contributed by atoms with E-state index in [9.17, 15) is 0 Å². The molecule has 0 bridgehead atoms. The summed E-state index contributed by atoms with van der Waals surface area (Å²) < 4.78 is 5.42. The smallest absolute Gasteiger partial charge is 0.119 e. The monoisotopic (exact) mass is 252 g/mol. The van der Waals surface area contributed by atoms with Crippen LogP contribution < -0.4 is 4.74 Å². The van der Waals surface area contributed by atoms with E-state index in [1.54, 1.807) is 0 Å². The van der Waals surface area contributed by atoms with E-state index < -0.39 is 0 Å². The third-order valence-electron chi connectivity index (χ3n) is 2.98. The van der Waals surface area contributed by atoms with Gasteiger partial charge in [-0.1, -0.05) is 54.1 Å². The molecule has 0 aromatic heterocycles. The van der Waals surface area contributed by atoms with Gasteiger partial charge >= 0.3 is 0 Å². The zero-order chi connectivity index (χ0) is 13.5. The molecule has 0 radical (unpaired) electrons. The van der Waals surface area contributed by atoms with E-state index in [1.807, 2.05) is 19.1 Å². The summed E-state index contributed by atoms with van der Waals surface area (Å²) in [6, 6.07) is 16.8. The Morgan fingerprint density at radius 2 is 1.63 bits per heavy atom. The normalized spacial score (nSPS) is 10.8. The van der Waals surface area contributed by atoms with Gasteiger partial charge in [0.15, 0.2) is 0 Å². The summed E-state index contributed by atoms with van der Waals surface area (Å²) in [7, 11) is 0. The highest BCUT2D eigenvalue weighted by Gasteiger charge is 1.92. The van der Waals surface area contributed by atoms with E-state index in [-0.39, 0.29) is 0 Å². The molecule has 0 aliphatic rings. The SMILES string of the molecule is CCOc1ccc(/C=C/Cc2ccc(C)cc2)cc1. The molecule has 1 nitrogen and oxygen atoms in total. The lowest BCUT2D eigenvalue weighted by Crippen LogP contribution is -1.90. The molecule has 19 heavy (non-hydrogen) atoms. The Kier molecular flexibility index (Phi) is 4.79. The van der Waals surface area contributed by atoms with Gasteiger partial charge in [-0.05, 0) is 43.5 Å². The fraction of sp³-hybridized carbons (Fsp3) is 0.222. The van der Waals surface area contributed by atoms with Crippen molar-refractivity contribution in [1.29, 1.82) is 0 Å². The van der Waals surface area contributed by atoms with Crippen molar-refractivity contribution >= 4 is 6.08 Å². The molecule has 0 unspecified atom stereocenters. The molecular weight excluding hydrogens is 232 g/mol. The Labute approximate surface area is 115 Å². The summed E-state index contributed by atoms with van der Waals surface area (Å²) in [5, 5.41) is 0. The molecule has 98 valence electrons. The van der Waals surface area contributed by atoms with Gasteiger partial charge in [0.1, 0.15) is 5.75 Å². The summed E-state index contributed by atoms with van der Waals surface area (Å²) in [5.41, 5.74) is 3.85. The minimum atomic E-state index is 0.711. The highest BCUT2D eigenvalue weighted by atomic mass is 16.5. The Balaban J connectivity index is 1.93. The molecule has 0 atom stereocenters. The minimum Gasteiger partial charge on any atom is -0.494 e. The predicted octanol–water partition coefficient (Wildman–Crippen LogP) is 4.65. The van der Waals surface area contributed by atoms with Crippen LogP contribution in [0.15, 0.2) is 54.6 Å². The Morgan fingerprint density at radius 1 is 0.947 bits per heavy atom. The topological polar surface area (TPSA) is 9.23 Å². The largest absolute Gasteiger partial charge is 0.494 e. The van der Waals surface area contributed by atoms with Gasteiger partial charge in [-0.15, -0.1) is 0 Å². The molecule has 0 saturated heterocycles. The van der Waals surface area contributed by atoms with Crippen LogP contribution in [0.1, 0.15) is 23.6 Å². The number of aryl methyl sites for hydroxylation is 1. The first-order chi connectivity index (χ1) is 9.28. The number of rotatable bonds is 5. The van der Waals surface area contributed by atoms with Crippen molar-refractivity contribution in [3.63, 3.8) is 0 Å². The molecule has 1 heteroatoms. The average Bonchev–Trinajstić information content (AvgIpc) is 2.43. The molecule has 0 saturated carbocycles. The first-order valence-electron chi connectivity index (χ1n) is 6.73. The maximum atomic E-state index is 5.42. The van der Waals surface area contributed by atoms with Gasteiger partial charge in [-0.25, -0.2) is 0 Å². The molecule has 0 fully saturated rings. The highest BCUT2D eigenvalue weighted by molar-refractivity contribution is 5.51. The van der Waals surface area contributed by atoms with Crippen LogP contribution in [0, 0.1) is 6.92 Å². The van der Waals surface area contributed by atoms with Crippen molar-refractivity contribution in [3.05, 3.63) is 71.3 Å². The van der Waals surface area contributed by atoms with Crippen molar-refractivity contribution in [3.8, 4) is 5.75 Å². The first-order valence-corrected chi connectivity index (χ1v) is 6.73. The fourth-order valence-electron chi connectivity index (χ4n) is 1.90. The average molecular weight is 252 g/mol. The standard InChI is InChI=1S/C18H20O/c1-3-19-18-13-11-17(12-14-18)6-4-5-16-9-7-15(2)8-10-16/h4,6-14H,3,5H2,1-2H3/b6-4+. The second-order valence-electron chi connectivity index (χ2n) is 4.59. The van der Waals surface area contributed by atoms with Gasteiger partial charge in [0.05, 0.1) is 6.61 Å². The van der Waals surface area contributed by atoms with Crippen molar-refractivity contribution in [2.75, 3.05) is 6.61 Å². The summed E-state index contributed by atoms with van der Waals surface area (Å²) in [5.74, 6) is 0.929. The van der Waals surface area contributed by atoms with Crippen LogP contribution in [0.5, 0.6) is 5.75 Å².